The molecule has 2 saturated heterocycles. The first-order chi connectivity index (χ1) is 14.3. The van der Waals surface area contributed by atoms with Crippen LogP contribution in [0.2, 0.25) is 0 Å². The Morgan fingerprint density at radius 2 is 1.71 bits per heavy atom. The van der Waals surface area contributed by atoms with Gasteiger partial charge in [-0.05, 0) is 27.7 Å². The van der Waals surface area contributed by atoms with Gasteiger partial charge in [-0.3, -0.25) is 14.3 Å². The highest BCUT2D eigenvalue weighted by Crippen LogP contribution is 2.40. The van der Waals surface area contributed by atoms with Crippen molar-refractivity contribution in [1.29, 1.82) is 0 Å². The summed E-state index contributed by atoms with van der Waals surface area (Å²) in [5.41, 5.74) is -0.0894. The van der Waals surface area contributed by atoms with E-state index in [4.69, 9.17) is 23.5 Å². The Bertz CT molecular complexity index is 808. The number of carbonyl (C=O) groups excluding carboxylic acids is 2. The summed E-state index contributed by atoms with van der Waals surface area (Å²) < 4.78 is 30.7. The molecule has 2 fully saturated rings. The van der Waals surface area contributed by atoms with E-state index in [1.165, 1.54) is 13.8 Å². The first kappa shape index (κ1) is 23.8. The molecule has 0 radical (unpaired) electrons. The van der Waals surface area contributed by atoms with Crippen LogP contribution in [0.3, 0.4) is 0 Å². The molecule has 0 bridgehead atoms. The highest BCUT2D eigenvalue weighted by molar-refractivity contribution is 6.62. The molecule has 10 heteroatoms. The molecule has 9 nitrogen and oxygen atoms in total. The second kappa shape index (κ2) is 8.56. The average molecular weight is 436 g/mol. The lowest BCUT2D eigenvalue weighted by atomic mass is 9.81. The second-order valence-corrected chi connectivity index (χ2v) is 9.51. The number of rotatable bonds is 5. The lowest BCUT2D eigenvalue weighted by Crippen LogP contribution is -2.50. The predicted molar refractivity (Wildman–Crippen MR) is 112 cm³/mol. The third-order valence-electron chi connectivity index (χ3n) is 6.59. The SMILES string of the molecule is CC(=O)OCC1O[C@@H](OC(C)=O)C(C)[C@@H](n2cc(B3OC(C)(C)C(C)(C)O3)cn2)[C@H]1C. The topological polar surface area (TPSA) is 98.1 Å². The van der Waals surface area contributed by atoms with Crippen molar-refractivity contribution < 1.29 is 33.1 Å². The van der Waals surface area contributed by atoms with E-state index in [2.05, 4.69) is 5.10 Å². The van der Waals surface area contributed by atoms with E-state index >= 15 is 0 Å². The third-order valence-corrected chi connectivity index (χ3v) is 6.59. The molecule has 0 aliphatic carbocycles. The van der Waals surface area contributed by atoms with E-state index < -0.39 is 42.7 Å². The van der Waals surface area contributed by atoms with Crippen LogP contribution in [0.4, 0.5) is 0 Å². The maximum absolute atomic E-state index is 11.6. The van der Waals surface area contributed by atoms with E-state index in [-0.39, 0.29) is 24.5 Å². The maximum Gasteiger partial charge on any atom is 0.498 e. The maximum atomic E-state index is 11.6. The van der Waals surface area contributed by atoms with Gasteiger partial charge in [0, 0.05) is 43.5 Å². The smallest absolute Gasteiger partial charge is 0.463 e. The summed E-state index contributed by atoms with van der Waals surface area (Å²) >= 11 is 0. The Morgan fingerprint density at radius 3 is 2.26 bits per heavy atom. The van der Waals surface area contributed by atoms with Crippen molar-refractivity contribution in [2.45, 2.75) is 85.0 Å². The Balaban J connectivity index is 1.85. The highest BCUT2D eigenvalue weighted by atomic mass is 16.7. The molecule has 172 valence electrons. The van der Waals surface area contributed by atoms with Crippen LogP contribution in [0.25, 0.3) is 0 Å². The predicted octanol–water partition coefficient (Wildman–Crippen LogP) is 1.85. The van der Waals surface area contributed by atoms with Crippen LogP contribution in [0.5, 0.6) is 0 Å². The monoisotopic (exact) mass is 436 g/mol. The fraction of sp³-hybridized carbons (Fsp3) is 0.762. The number of nitrogens with zero attached hydrogens (tertiary/aromatic N) is 2. The molecule has 0 saturated carbocycles. The number of carbonyl (C=O) groups is 2. The number of hydrogen-bond donors (Lipinski definition) is 0. The fourth-order valence-electron chi connectivity index (χ4n) is 4.07. The van der Waals surface area contributed by atoms with Crippen molar-refractivity contribution in [3.63, 3.8) is 0 Å². The molecular weight excluding hydrogens is 403 g/mol. The van der Waals surface area contributed by atoms with Crippen molar-refractivity contribution >= 4 is 24.5 Å². The minimum atomic E-state index is -0.774. The largest absolute Gasteiger partial charge is 0.498 e. The summed E-state index contributed by atoms with van der Waals surface area (Å²) in [5, 5.41) is 4.58. The molecule has 1 aromatic heterocycles. The summed E-state index contributed by atoms with van der Waals surface area (Å²) in [5.74, 6) is -1.07. The van der Waals surface area contributed by atoms with E-state index in [1.54, 1.807) is 6.20 Å². The molecule has 1 aromatic rings. The number of ether oxygens (including phenoxy) is 3. The summed E-state index contributed by atoms with van der Waals surface area (Å²) in [7, 11) is -0.523. The van der Waals surface area contributed by atoms with E-state index in [9.17, 15) is 9.59 Å². The quantitative estimate of drug-likeness (QED) is 0.510. The highest BCUT2D eigenvalue weighted by Gasteiger charge is 2.52. The van der Waals surface area contributed by atoms with Crippen molar-refractivity contribution in [2.75, 3.05) is 6.61 Å². The lowest BCUT2D eigenvalue weighted by molar-refractivity contribution is -0.248. The minimum Gasteiger partial charge on any atom is -0.463 e. The van der Waals surface area contributed by atoms with Crippen LogP contribution in [0.15, 0.2) is 12.4 Å². The van der Waals surface area contributed by atoms with Gasteiger partial charge < -0.3 is 23.5 Å². The lowest BCUT2D eigenvalue weighted by Gasteiger charge is -2.43. The van der Waals surface area contributed by atoms with Crippen LogP contribution >= 0.6 is 0 Å². The molecule has 3 heterocycles. The molecule has 2 unspecified atom stereocenters. The Morgan fingerprint density at radius 1 is 1.10 bits per heavy atom. The van der Waals surface area contributed by atoms with E-state index in [1.807, 2.05) is 52.4 Å². The van der Waals surface area contributed by atoms with Gasteiger partial charge in [0.05, 0.1) is 17.2 Å². The zero-order valence-corrected chi connectivity index (χ0v) is 19.6. The molecule has 5 atom stereocenters. The first-order valence-corrected chi connectivity index (χ1v) is 10.7. The second-order valence-electron chi connectivity index (χ2n) is 9.51. The molecule has 0 N–H and O–H groups in total. The zero-order chi connectivity index (χ0) is 23.1. The molecule has 0 amide bonds. The molecule has 0 aromatic carbocycles. The van der Waals surface area contributed by atoms with Crippen LogP contribution in [-0.4, -0.2) is 59.0 Å². The average Bonchev–Trinajstić information content (AvgIpc) is 3.19. The first-order valence-electron chi connectivity index (χ1n) is 10.7. The molecule has 31 heavy (non-hydrogen) atoms. The van der Waals surface area contributed by atoms with Gasteiger partial charge >= 0.3 is 19.1 Å². The van der Waals surface area contributed by atoms with Gasteiger partial charge in [-0.2, -0.15) is 5.10 Å². The van der Waals surface area contributed by atoms with Crippen molar-refractivity contribution in [1.82, 2.24) is 9.78 Å². The van der Waals surface area contributed by atoms with E-state index in [0.29, 0.717) is 0 Å². The summed E-state index contributed by atoms with van der Waals surface area (Å²) in [6.45, 7) is 14.7. The summed E-state index contributed by atoms with van der Waals surface area (Å²) in [6, 6.07) is -0.158. The van der Waals surface area contributed by atoms with Crippen molar-refractivity contribution in [2.24, 2.45) is 11.8 Å². The Kier molecular flexibility index (Phi) is 6.56. The number of aromatic nitrogens is 2. The Labute approximate surface area is 183 Å². The van der Waals surface area contributed by atoms with Crippen molar-refractivity contribution in [3.05, 3.63) is 12.4 Å². The third kappa shape index (κ3) is 4.81. The van der Waals surface area contributed by atoms with Crippen LogP contribution in [0.1, 0.15) is 61.4 Å². The molecule has 3 rings (SSSR count). The van der Waals surface area contributed by atoms with Gasteiger partial charge in [-0.15, -0.1) is 0 Å². The summed E-state index contributed by atoms with van der Waals surface area (Å²) in [6.07, 6.45) is 2.42. The standard InChI is InChI=1S/C21H33BN2O7/c1-12-17(11-27-14(3)25)29-19(28-15(4)26)13(2)18(12)24-10-16(9-23-24)22-30-20(5,6)21(7,8)31-22/h9-10,12-13,17-19H,11H2,1-8H3/t12-,13?,17?,18-,19+/m0/s1. The van der Waals surface area contributed by atoms with Gasteiger partial charge in [0.25, 0.3) is 0 Å². The molecule has 0 spiro atoms. The Hall–Kier alpha value is -1.91. The van der Waals surface area contributed by atoms with Gasteiger partial charge in [-0.1, -0.05) is 13.8 Å². The summed E-state index contributed by atoms with van der Waals surface area (Å²) in [4.78, 5) is 22.9. The van der Waals surface area contributed by atoms with E-state index in [0.717, 1.165) is 5.46 Å². The normalized spacial score (nSPS) is 32.0. The van der Waals surface area contributed by atoms with Gasteiger partial charge in [0.1, 0.15) is 12.7 Å². The minimum absolute atomic E-state index is 0.0628. The van der Waals surface area contributed by atoms with Crippen LogP contribution in [0, 0.1) is 11.8 Å². The number of esters is 2. The molecule has 2 aliphatic heterocycles. The van der Waals surface area contributed by atoms with Crippen LogP contribution < -0.4 is 5.46 Å². The van der Waals surface area contributed by atoms with Crippen LogP contribution in [-0.2, 0) is 33.1 Å². The van der Waals surface area contributed by atoms with Gasteiger partial charge in [0.2, 0.25) is 6.29 Å². The fourth-order valence-corrected chi connectivity index (χ4v) is 4.07. The van der Waals surface area contributed by atoms with Gasteiger partial charge in [0.15, 0.2) is 0 Å². The zero-order valence-electron chi connectivity index (χ0n) is 19.6. The van der Waals surface area contributed by atoms with Crippen molar-refractivity contribution in [3.8, 4) is 0 Å². The number of hydrogen-bond acceptors (Lipinski definition) is 8. The van der Waals surface area contributed by atoms with Gasteiger partial charge in [-0.25, -0.2) is 0 Å². The molecule has 2 aliphatic rings. The molecular formula is C21H33BN2O7.